The Balaban J connectivity index is 5.21. The van der Waals surface area contributed by atoms with Gasteiger partial charge in [-0.2, -0.15) is 0 Å². The van der Waals surface area contributed by atoms with E-state index in [0.717, 1.165) is 115 Å². The Morgan fingerprint density at radius 1 is 0.300 bits per heavy atom. The second kappa shape index (κ2) is 63.1. The molecule has 0 amide bonds. The molecule has 90 heavy (non-hydrogen) atoms. The van der Waals surface area contributed by atoms with E-state index >= 15 is 0 Å². The monoisotopic (exact) mass is 1320 g/mol. The summed E-state index contributed by atoms with van der Waals surface area (Å²) in [5.41, 5.74) is 0. The van der Waals surface area contributed by atoms with Crippen molar-refractivity contribution in [1.29, 1.82) is 0 Å². The van der Waals surface area contributed by atoms with Gasteiger partial charge in [0.1, 0.15) is 19.3 Å². The molecule has 2 unspecified atom stereocenters. The molecule has 0 rings (SSSR count). The van der Waals surface area contributed by atoms with Crippen LogP contribution in [0.25, 0.3) is 0 Å². The van der Waals surface area contributed by atoms with E-state index in [1.807, 2.05) is 0 Å². The first-order valence-electron chi connectivity index (χ1n) is 37.0. The number of unbranched alkanes of at least 4 members (excludes halogenated alkanes) is 40. The van der Waals surface area contributed by atoms with Crippen molar-refractivity contribution in [3.05, 3.63) is 0 Å². The van der Waals surface area contributed by atoms with E-state index < -0.39 is 97.5 Å². The molecular weight excluding hydrogens is 1190 g/mol. The summed E-state index contributed by atoms with van der Waals surface area (Å²) < 4.78 is 68.2. The Kier molecular flexibility index (Phi) is 61.8. The van der Waals surface area contributed by atoms with Crippen LogP contribution in [-0.2, 0) is 65.4 Å². The molecule has 0 aromatic heterocycles. The van der Waals surface area contributed by atoms with Crippen LogP contribution in [0.1, 0.15) is 363 Å². The summed E-state index contributed by atoms with van der Waals surface area (Å²) >= 11 is 0. The Morgan fingerprint density at radius 2 is 0.511 bits per heavy atom. The lowest BCUT2D eigenvalue weighted by atomic mass is 10.0. The van der Waals surface area contributed by atoms with Crippen LogP contribution in [0.2, 0.25) is 0 Å². The fourth-order valence-corrected chi connectivity index (χ4v) is 12.3. The Hall–Kier alpha value is -1.94. The first-order valence-corrected chi connectivity index (χ1v) is 40.0. The second-order valence-corrected chi connectivity index (χ2v) is 29.5. The number of carbonyl (C=O) groups is 4. The summed E-state index contributed by atoms with van der Waals surface area (Å²) in [6, 6.07) is 0. The Labute approximate surface area is 549 Å². The molecule has 0 aliphatic heterocycles. The Bertz CT molecular complexity index is 1750. The van der Waals surface area contributed by atoms with Gasteiger partial charge in [0.2, 0.25) is 0 Å². The van der Waals surface area contributed by atoms with Crippen LogP contribution in [0, 0.1) is 11.8 Å². The molecular formula is C71H138O17P2. The van der Waals surface area contributed by atoms with Crippen LogP contribution in [0.4, 0.5) is 0 Å². The van der Waals surface area contributed by atoms with Gasteiger partial charge in [0.15, 0.2) is 12.2 Å². The highest BCUT2D eigenvalue weighted by Gasteiger charge is 2.30. The van der Waals surface area contributed by atoms with Gasteiger partial charge in [0, 0.05) is 25.7 Å². The lowest BCUT2D eigenvalue weighted by Crippen LogP contribution is -2.30. The van der Waals surface area contributed by atoms with Crippen LogP contribution in [0.5, 0.6) is 0 Å². The average molecular weight is 1330 g/mol. The predicted molar refractivity (Wildman–Crippen MR) is 363 cm³/mol. The van der Waals surface area contributed by atoms with Gasteiger partial charge in [0.25, 0.3) is 0 Å². The largest absolute Gasteiger partial charge is 0.472 e. The van der Waals surface area contributed by atoms with Crippen LogP contribution >= 0.6 is 15.6 Å². The van der Waals surface area contributed by atoms with Crippen molar-refractivity contribution in [2.24, 2.45) is 11.8 Å². The normalized spacial score (nSPS) is 14.1. The third-order valence-corrected chi connectivity index (χ3v) is 18.4. The summed E-state index contributed by atoms with van der Waals surface area (Å²) in [5, 5.41) is 10.6. The number of aliphatic hydroxyl groups excluding tert-OH is 1. The van der Waals surface area contributed by atoms with Gasteiger partial charge < -0.3 is 33.8 Å². The first kappa shape index (κ1) is 88.1. The van der Waals surface area contributed by atoms with E-state index in [1.165, 1.54) is 167 Å². The number of aliphatic hydroxyl groups is 1. The fourth-order valence-electron chi connectivity index (χ4n) is 10.8. The Morgan fingerprint density at radius 3 is 0.756 bits per heavy atom. The molecule has 17 nitrogen and oxygen atoms in total. The van der Waals surface area contributed by atoms with E-state index in [9.17, 15) is 43.2 Å². The molecule has 534 valence electrons. The van der Waals surface area contributed by atoms with E-state index in [1.54, 1.807) is 0 Å². The van der Waals surface area contributed by atoms with Gasteiger partial charge in [-0.05, 0) is 37.5 Å². The molecule has 0 spiro atoms. The quantitative estimate of drug-likeness (QED) is 0.0222. The van der Waals surface area contributed by atoms with Gasteiger partial charge in [-0.15, -0.1) is 0 Å². The lowest BCUT2D eigenvalue weighted by molar-refractivity contribution is -0.161. The first-order chi connectivity index (χ1) is 43.4. The van der Waals surface area contributed by atoms with Crippen LogP contribution < -0.4 is 0 Å². The van der Waals surface area contributed by atoms with Crippen molar-refractivity contribution in [3.63, 3.8) is 0 Å². The zero-order valence-electron chi connectivity index (χ0n) is 58.4. The number of carbonyl (C=O) groups excluding carboxylic acids is 4. The zero-order chi connectivity index (χ0) is 66.5. The van der Waals surface area contributed by atoms with E-state index in [0.29, 0.717) is 25.7 Å². The van der Waals surface area contributed by atoms with Crippen LogP contribution in [-0.4, -0.2) is 96.7 Å². The van der Waals surface area contributed by atoms with Gasteiger partial charge in [-0.3, -0.25) is 37.3 Å². The number of phosphoric ester groups is 2. The summed E-state index contributed by atoms with van der Waals surface area (Å²) in [6.45, 7) is 9.55. The summed E-state index contributed by atoms with van der Waals surface area (Å²) in [4.78, 5) is 72.5. The third-order valence-electron chi connectivity index (χ3n) is 16.5. The second-order valence-electron chi connectivity index (χ2n) is 26.6. The fraction of sp³-hybridized carbons (Fsp3) is 0.944. The lowest BCUT2D eigenvalue weighted by Gasteiger charge is -2.21. The molecule has 19 heteroatoms. The van der Waals surface area contributed by atoms with E-state index in [-0.39, 0.29) is 25.7 Å². The standard InChI is InChI=1S/C71H138O17P2/c1-7-9-11-13-15-16-17-25-31-37-43-49-55-70(75)87-66(59-81-68(73)53-47-41-33-14-12-10-8-2)61-85-89(77,78)83-57-65(72)58-84-90(79,80)86-62-67(60-82-69(74)54-48-42-36-30-26-22-21-24-29-35-40-46-52-64(5)6)88-71(76)56-50-44-38-32-27-20-18-19-23-28-34-39-45-51-63(3)4/h63-67,72H,7-62H2,1-6H3,(H,77,78)(H,79,80)/t65-,66+,67+/m0/s1. The van der Waals surface area contributed by atoms with Crippen LogP contribution in [0.3, 0.4) is 0 Å². The molecule has 0 aromatic carbocycles. The maximum absolute atomic E-state index is 13.0. The third kappa shape index (κ3) is 64.8. The molecule has 5 atom stereocenters. The highest BCUT2D eigenvalue weighted by atomic mass is 31.2. The topological polar surface area (TPSA) is 237 Å². The van der Waals surface area contributed by atoms with E-state index in [4.69, 9.17) is 37.0 Å². The molecule has 0 saturated heterocycles. The zero-order valence-corrected chi connectivity index (χ0v) is 60.2. The van der Waals surface area contributed by atoms with Crippen molar-refractivity contribution < 1.29 is 80.2 Å². The van der Waals surface area contributed by atoms with Crippen molar-refractivity contribution in [2.75, 3.05) is 39.6 Å². The SMILES string of the molecule is CCCCCCCCCCCCCCC(=O)O[C@H](COC(=O)CCCCCCCCC)COP(=O)(O)OC[C@H](O)COP(=O)(O)OC[C@@H](COC(=O)CCCCCCCCCCCCCCC(C)C)OC(=O)CCCCCCCCCCCCCCCC(C)C. The molecule has 0 heterocycles. The number of hydrogen-bond donors (Lipinski definition) is 3. The average Bonchev–Trinajstić information content (AvgIpc) is 3.72. The number of esters is 4. The number of phosphoric acid groups is 2. The highest BCUT2D eigenvalue weighted by molar-refractivity contribution is 7.47. The molecule has 0 bridgehead atoms. The van der Waals surface area contributed by atoms with Gasteiger partial charge >= 0.3 is 39.5 Å². The van der Waals surface area contributed by atoms with Crippen LogP contribution in [0.15, 0.2) is 0 Å². The van der Waals surface area contributed by atoms with Gasteiger partial charge in [-0.25, -0.2) is 9.13 Å². The summed E-state index contributed by atoms with van der Waals surface area (Å²) in [5.74, 6) is -0.557. The minimum atomic E-state index is -4.95. The molecule has 0 fully saturated rings. The smallest absolute Gasteiger partial charge is 0.462 e. The summed E-state index contributed by atoms with van der Waals surface area (Å²) in [6.07, 6.45) is 48.6. The maximum atomic E-state index is 13.0. The minimum absolute atomic E-state index is 0.107. The predicted octanol–water partition coefficient (Wildman–Crippen LogP) is 20.4. The molecule has 0 saturated carbocycles. The van der Waals surface area contributed by atoms with Crippen molar-refractivity contribution in [2.45, 2.75) is 381 Å². The number of rotatable bonds is 70. The van der Waals surface area contributed by atoms with Crippen molar-refractivity contribution >= 4 is 39.5 Å². The van der Waals surface area contributed by atoms with Gasteiger partial charge in [-0.1, -0.05) is 311 Å². The minimum Gasteiger partial charge on any atom is -0.462 e. The molecule has 0 aliphatic rings. The van der Waals surface area contributed by atoms with Gasteiger partial charge in [0.05, 0.1) is 26.4 Å². The maximum Gasteiger partial charge on any atom is 0.472 e. The number of hydrogen-bond acceptors (Lipinski definition) is 15. The molecule has 0 radical (unpaired) electrons. The van der Waals surface area contributed by atoms with E-state index in [2.05, 4.69) is 41.5 Å². The molecule has 3 N–H and O–H groups in total. The molecule has 0 aliphatic carbocycles. The van der Waals surface area contributed by atoms with Crippen molar-refractivity contribution in [3.8, 4) is 0 Å². The molecule has 0 aromatic rings. The summed E-state index contributed by atoms with van der Waals surface area (Å²) in [7, 11) is -9.90. The highest BCUT2D eigenvalue weighted by Crippen LogP contribution is 2.45. The van der Waals surface area contributed by atoms with Crippen molar-refractivity contribution in [1.82, 2.24) is 0 Å². The number of ether oxygens (including phenoxy) is 4.